The Bertz CT molecular complexity index is 470. The van der Waals surface area contributed by atoms with Crippen molar-refractivity contribution in [2.24, 2.45) is 5.73 Å². The van der Waals surface area contributed by atoms with Gasteiger partial charge in [-0.3, -0.25) is 4.79 Å². The average Bonchev–Trinajstić information content (AvgIpc) is 2.92. The predicted octanol–water partition coefficient (Wildman–Crippen LogP) is 1.38. The van der Waals surface area contributed by atoms with E-state index in [9.17, 15) is 4.79 Å². The summed E-state index contributed by atoms with van der Waals surface area (Å²) in [4.78, 5) is 12.4. The van der Waals surface area contributed by atoms with Crippen LogP contribution >= 0.6 is 0 Å². The van der Waals surface area contributed by atoms with Gasteiger partial charge in [0.1, 0.15) is 11.3 Å². The number of nitrogens with two attached hydrogens (primary N) is 1. The van der Waals surface area contributed by atoms with E-state index in [4.69, 9.17) is 15.2 Å². The number of hydrogen-bond donors (Lipinski definition) is 2. The molecule has 110 valence electrons. The number of hydrogen-bond acceptors (Lipinski definition) is 4. The van der Waals surface area contributed by atoms with Crippen molar-refractivity contribution in [2.75, 3.05) is 20.3 Å². The molecule has 1 aliphatic heterocycles. The van der Waals surface area contributed by atoms with Crippen LogP contribution in [-0.2, 0) is 9.53 Å². The Labute approximate surface area is 119 Å². The normalized spacial score (nSPS) is 23.4. The maximum atomic E-state index is 12.4. The first-order valence-electron chi connectivity index (χ1n) is 6.91. The lowest BCUT2D eigenvalue weighted by Crippen LogP contribution is -2.55. The Morgan fingerprint density at radius 1 is 1.55 bits per heavy atom. The van der Waals surface area contributed by atoms with Crippen molar-refractivity contribution in [3.63, 3.8) is 0 Å². The fourth-order valence-electron chi connectivity index (χ4n) is 2.42. The van der Waals surface area contributed by atoms with Crippen molar-refractivity contribution >= 4 is 5.91 Å². The van der Waals surface area contributed by atoms with E-state index in [1.54, 1.807) is 7.11 Å². The number of carbonyl (C=O) groups excluding carboxylic acids is 1. The van der Waals surface area contributed by atoms with Gasteiger partial charge in [-0.25, -0.2) is 0 Å². The van der Waals surface area contributed by atoms with E-state index in [-0.39, 0.29) is 18.6 Å². The summed E-state index contributed by atoms with van der Waals surface area (Å²) in [6.07, 6.45) is 1.32. The number of carbonyl (C=O) groups is 1. The van der Waals surface area contributed by atoms with E-state index >= 15 is 0 Å². The Hall–Kier alpha value is -1.59. The molecule has 1 saturated heterocycles. The van der Waals surface area contributed by atoms with Crippen molar-refractivity contribution in [2.45, 2.75) is 31.3 Å². The zero-order valence-corrected chi connectivity index (χ0v) is 12.0. The molecule has 20 heavy (non-hydrogen) atoms. The second-order valence-corrected chi connectivity index (χ2v) is 5.13. The van der Waals surface area contributed by atoms with Gasteiger partial charge in [0.25, 0.3) is 0 Å². The summed E-state index contributed by atoms with van der Waals surface area (Å²) in [6.45, 7) is 2.84. The first kappa shape index (κ1) is 14.8. The summed E-state index contributed by atoms with van der Waals surface area (Å²) >= 11 is 0. The van der Waals surface area contributed by atoms with Gasteiger partial charge in [-0.1, -0.05) is 25.1 Å². The van der Waals surface area contributed by atoms with Gasteiger partial charge in [0.05, 0.1) is 19.8 Å². The maximum Gasteiger partial charge on any atom is 0.243 e. The van der Waals surface area contributed by atoms with Gasteiger partial charge in [-0.15, -0.1) is 0 Å². The highest BCUT2D eigenvalue weighted by Gasteiger charge is 2.39. The molecule has 0 spiro atoms. The third-order valence-corrected chi connectivity index (χ3v) is 3.73. The highest BCUT2D eigenvalue weighted by molar-refractivity contribution is 5.87. The number of rotatable bonds is 5. The number of para-hydroxylation sites is 1. The maximum absolute atomic E-state index is 12.4. The first-order chi connectivity index (χ1) is 9.60. The lowest BCUT2D eigenvalue weighted by Gasteiger charge is -2.26. The lowest BCUT2D eigenvalue weighted by atomic mass is 9.96. The number of ether oxygens (including phenoxy) is 2. The Kier molecular flexibility index (Phi) is 4.62. The van der Waals surface area contributed by atoms with Gasteiger partial charge < -0.3 is 20.5 Å². The van der Waals surface area contributed by atoms with Crippen molar-refractivity contribution in [1.29, 1.82) is 0 Å². The van der Waals surface area contributed by atoms with Crippen LogP contribution in [0.2, 0.25) is 0 Å². The lowest BCUT2D eigenvalue weighted by molar-refractivity contribution is -0.127. The third kappa shape index (κ3) is 2.94. The Morgan fingerprint density at radius 2 is 2.30 bits per heavy atom. The van der Waals surface area contributed by atoms with E-state index in [1.807, 2.05) is 31.2 Å². The minimum Gasteiger partial charge on any atom is -0.496 e. The van der Waals surface area contributed by atoms with E-state index < -0.39 is 5.54 Å². The molecule has 1 heterocycles. The quantitative estimate of drug-likeness (QED) is 0.853. The minimum atomic E-state index is -0.907. The van der Waals surface area contributed by atoms with Crippen LogP contribution in [0, 0.1) is 0 Å². The fraction of sp³-hybridized carbons (Fsp3) is 0.533. The van der Waals surface area contributed by atoms with Crippen LogP contribution in [0.3, 0.4) is 0 Å². The van der Waals surface area contributed by atoms with Gasteiger partial charge in [0.15, 0.2) is 0 Å². The first-order valence-corrected chi connectivity index (χ1v) is 6.91. The Morgan fingerprint density at radius 3 is 2.90 bits per heavy atom. The molecular weight excluding hydrogens is 256 g/mol. The number of benzene rings is 1. The van der Waals surface area contributed by atoms with Crippen LogP contribution in [0.1, 0.15) is 31.4 Å². The largest absolute Gasteiger partial charge is 0.496 e. The van der Waals surface area contributed by atoms with Crippen LogP contribution in [0.5, 0.6) is 5.75 Å². The van der Waals surface area contributed by atoms with E-state index in [0.29, 0.717) is 13.0 Å². The van der Waals surface area contributed by atoms with Gasteiger partial charge in [-0.2, -0.15) is 0 Å². The Balaban J connectivity index is 2.14. The van der Waals surface area contributed by atoms with E-state index in [1.165, 1.54) is 0 Å². The molecule has 1 aromatic rings. The number of nitrogens with one attached hydrogen (secondary N) is 1. The topological polar surface area (TPSA) is 73.6 Å². The summed E-state index contributed by atoms with van der Waals surface area (Å²) in [5.74, 6) is 0.612. The van der Waals surface area contributed by atoms with Gasteiger partial charge in [-0.05, 0) is 18.9 Å². The molecule has 2 atom stereocenters. The SMILES string of the molecule is CCC(NC(=O)C1(N)CCOC1)c1ccccc1OC. The van der Waals surface area contributed by atoms with Crippen molar-refractivity contribution in [3.8, 4) is 5.75 Å². The smallest absolute Gasteiger partial charge is 0.243 e. The molecule has 5 heteroatoms. The highest BCUT2D eigenvalue weighted by Crippen LogP contribution is 2.27. The van der Waals surface area contributed by atoms with E-state index in [2.05, 4.69) is 5.32 Å². The molecule has 2 rings (SSSR count). The average molecular weight is 278 g/mol. The molecule has 1 aromatic carbocycles. The van der Waals surface area contributed by atoms with Crippen LogP contribution in [0.15, 0.2) is 24.3 Å². The predicted molar refractivity (Wildman–Crippen MR) is 76.5 cm³/mol. The molecule has 0 bridgehead atoms. The van der Waals surface area contributed by atoms with Crippen LogP contribution < -0.4 is 15.8 Å². The molecular formula is C15H22N2O3. The molecule has 1 fully saturated rings. The molecule has 2 unspecified atom stereocenters. The van der Waals surface area contributed by atoms with Crippen molar-refractivity contribution in [3.05, 3.63) is 29.8 Å². The van der Waals surface area contributed by atoms with E-state index in [0.717, 1.165) is 17.7 Å². The van der Waals surface area contributed by atoms with Gasteiger partial charge >= 0.3 is 0 Å². The second-order valence-electron chi connectivity index (χ2n) is 5.13. The van der Waals surface area contributed by atoms with Gasteiger partial charge in [0.2, 0.25) is 5.91 Å². The van der Waals surface area contributed by atoms with Crippen molar-refractivity contribution in [1.82, 2.24) is 5.32 Å². The standard InChI is InChI=1S/C15H22N2O3/c1-3-12(11-6-4-5-7-13(11)19-2)17-14(18)15(16)8-9-20-10-15/h4-7,12H,3,8-10,16H2,1-2H3,(H,17,18). The summed E-state index contributed by atoms with van der Waals surface area (Å²) in [5, 5.41) is 3.02. The molecule has 1 amide bonds. The summed E-state index contributed by atoms with van der Waals surface area (Å²) in [5.41, 5.74) is 6.14. The molecule has 3 N–H and O–H groups in total. The summed E-state index contributed by atoms with van der Waals surface area (Å²) in [6, 6.07) is 7.58. The molecule has 0 radical (unpaired) electrons. The molecule has 5 nitrogen and oxygen atoms in total. The summed E-state index contributed by atoms with van der Waals surface area (Å²) in [7, 11) is 1.63. The number of amides is 1. The van der Waals surface area contributed by atoms with Crippen LogP contribution in [0.4, 0.5) is 0 Å². The van der Waals surface area contributed by atoms with Crippen LogP contribution in [-0.4, -0.2) is 31.8 Å². The monoisotopic (exact) mass is 278 g/mol. The molecule has 1 aliphatic rings. The highest BCUT2D eigenvalue weighted by atomic mass is 16.5. The number of methoxy groups -OCH3 is 1. The van der Waals surface area contributed by atoms with Crippen molar-refractivity contribution < 1.29 is 14.3 Å². The minimum absolute atomic E-state index is 0.111. The fourth-order valence-corrected chi connectivity index (χ4v) is 2.42. The summed E-state index contributed by atoms with van der Waals surface area (Å²) < 4.78 is 10.6. The second kappa shape index (κ2) is 6.24. The zero-order chi connectivity index (χ0) is 14.6. The molecule has 0 aromatic heterocycles. The van der Waals surface area contributed by atoms with Crippen LogP contribution in [0.25, 0.3) is 0 Å². The molecule has 0 saturated carbocycles. The molecule has 0 aliphatic carbocycles. The van der Waals surface area contributed by atoms with Gasteiger partial charge in [0, 0.05) is 12.2 Å². The third-order valence-electron chi connectivity index (χ3n) is 3.73. The zero-order valence-electron chi connectivity index (χ0n) is 12.0.